The molecule has 1 N–H and O–H groups in total. The lowest BCUT2D eigenvalue weighted by molar-refractivity contribution is -0.128. The summed E-state index contributed by atoms with van der Waals surface area (Å²) in [6, 6.07) is 5.38. The topological polar surface area (TPSA) is 75.7 Å². The molecular weight excluding hydrogens is 364 g/mol. The van der Waals surface area contributed by atoms with Gasteiger partial charge in [-0.25, -0.2) is 8.42 Å². The van der Waals surface area contributed by atoms with Crippen LogP contribution in [-0.2, 0) is 19.6 Å². The number of nitrogens with one attached hydrogen (secondary N) is 1. The van der Waals surface area contributed by atoms with Crippen LogP contribution in [0.5, 0.6) is 0 Å². The molecule has 1 amide bonds. The number of carbonyl (C=O) groups is 1. The number of carbonyl (C=O) groups excluding carboxylic acids is 1. The first-order valence-corrected chi connectivity index (χ1v) is 11.0. The van der Waals surface area contributed by atoms with Crippen molar-refractivity contribution in [1.29, 1.82) is 0 Å². The fourth-order valence-electron chi connectivity index (χ4n) is 3.42. The van der Waals surface area contributed by atoms with E-state index in [0.717, 1.165) is 11.1 Å². The molecule has 1 saturated heterocycles. The molecular formula is C20H32N2O4S. The van der Waals surface area contributed by atoms with Gasteiger partial charge < -0.3 is 10.1 Å². The maximum atomic E-state index is 13.0. The largest absolute Gasteiger partial charge is 0.379 e. The minimum absolute atomic E-state index is 0.0248. The first kappa shape index (κ1) is 21.9. The van der Waals surface area contributed by atoms with Crippen molar-refractivity contribution in [3.63, 3.8) is 0 Å². The Balaban J connectivity index is 1.99. The van der Waals surface area contributed by atoms with Gasteiger partial charge in [0.1, 0.15) is 0 Å². The van der Waals surface area contributed by atoms with E-state index in [0.29, 0.717) is 44.0 Å². The summed E-state index contributed by atoms with van der Waals surface area (Å²) in [6.45, 7) is 11.3. The molecule has 7 heteroatoms. The van der Waals surface area contributed by atoms with Crippen molar-refractivity contribution < 1.29 is 17.9 Å². The summed E-state index contributed by atoms with van der Waals surface area (Å²) in [4.78, 5) is 12.9. The predicted molar refractivity (Wildman–Crippen MR) is 106 cm³/mol. The Bertz CT molecular complexity index is 766. The van der Waals surface area contributed by atoms with E-state index in [-0.39, 0.29) is 11.8 Å². The van der Waals surface area contributed by atoms with Gasteiger partial charge in [0.05, 0.1) is 17.0 Å². The number of benzene rings is 1. The summed E-state index contributed by atoms with van der Waals surface area (Å²) in [5.74, 6) is -0.195. The van der Waals surface area contributed by atoms with Crippen LogP contribution in [-0.4, -0.2) is 50.5 Å². The van der Waals surface area contributed by atoms with Gasteiger partial charge in [0.2, 0.25) is 15.9 Å². The molecule has 0 aromatic heterocycles. The molecule has 0 bridgehead atoms. The van der Waals surface area contributed by atoms with Crippen molar-refractivity contribution in [3.8, 4) is 0 Å². The standard InChI is InChI=1S/C20H32N2O4S/c1-6-26-14-20(4,5)21-19(23)17-9-11-22(12-10-17)27(24,25)18-8-7-15(2)13-16(18)3/h7-8,13,17H,6,9-12,14H2,1-5H3,(H,21,23). The second-order valence-electron chi connectivity index (χ2n) is 7.96. The summed E-state index contributed by atoms with van der Waals surface area (Å²) in [6.07, 6.45) is 1.06. The Kier molecular flexibility index (Phi) is 7.05. The van der Waals surface area contributed by atoms with Crippen LogP contribution in [0.25, 0.3) is 0 Å². The highest BCUT2D eigenvalue weighted by Crippen LogP contribution is 2.26. The summed E-state index contributed by atoms with van der Waals surface area (Å²) < 4.78 is 32.8. The van der Waals surface area contributed by atoms with Crippen molar-refractivity contribution >= 4 is 15.9 Å². The summed E-state index contributed by atoms with van der Waals surface area (Å²) in [7, 11) is -3.52. The second-order valence-corrected chi connectivity index (χ2v) is 9.86. The van der Waals surface area contributed by atoms with Crippen LogP contribution in [0, 0.1) is 19.8 Å². The lowest BCUT2D eigenvalue weighted by Gasteiger charge is -2.33. The number of rotatable bonds is 7. The summed E-state index contributed by atoms with van der Waals surface area (Å²) >= 11 is 0. The Labute approximate surface area is 163 Å². The van der Waals surface area contributed by atoms with Gasteiger partial charge >= 0.3 is 0 Å². The molecule has 1 fully saturated rings. The quantitative estimate of drug-likeness (QED) is 0.769. The number of hydrogen-bond acceptors (Lipinski definition) is 4. The number of hydrogen-bond donors (Lipinski definition) is 1. The molecule has 0 saturated carbocycles. The maximum absolute atomic E-state index is 13.0. The molecule has 1 heterocycles. The van der Waals surface area contributed by atoms with E-state index in [2.05, 4.69) is 5.32 Å². The fraction of sp³-hybridized carbons (Fsp3) is 0.650. The highest BCUT2D eigenvalue weighted by atomic mass is 32.2. The molecule has 1 aliphatic heterocycles. The Morgan fingerprint density at radius 3 is 2.44 bits per heavy atom. The Morgan fingerprint density at radius 1 is 1.26 bits per heavy atom. The number of amides is 1. The number of aryl methyl sites for hydroxylation is 2. The van der Waals surface area contributed by atoms with Gasteiger partial charge in [-0.3, -0.25) is 4.79 Å². The second kappa shape index (κ2) is 8.71. The van der Waals surface area contributed by atoms with Crippen molar-refractivity contribution in [1.82, 2.24) is 9.62 Å². The van der Waals surface area contributed by atoms with Gasteiger partial charge in [0.25, 0.3) is 0 Å². The molecule has 0 radical (unpaired) electrons. The highest BCUT2D eigenvalue weighted by molar-refractivity contribution is 7.89. The van der Waals surface area contributed by atoms with Gasteiger partial charge in [-0.05, 0) is 59.1 Å². The van der Waals surface area contributed by atoms with Crippen LogP contribution in [0.4, 0.5) is 0 Å². The molecule has 0 atom stereocenters. The number of nitrogens with zero attached hydrogens (tertiary/aromatic N) is 1. The highest BCUT2D eigenvalue weighted by Gasteiger charge is 2.34. The van der Waals surface area contributed by atoms with E-state index in [9.17, 15) is 13.2 Å². The van der Waals surface area contributed by atoms with Crippen LogP contribution in [0.1, 0.15) is 44.7 Å². The van der Waals surface area contributed by atoms with E-state index >= 15 is 0 Å². The lowest BCUT2D eigenvalue weighted by atomic mass is 9.95. The zero-order chi connectivity index (χ0) is 20.2. The van der Waals surface area contributed by atoms with Crippen LogP contribution in [0.3, 0.4) is 0 Å². The molecule has 1 aromatic carbocycles. The van der Waals surface area contributed by atoms with Crippen molar-refractivity contribution in [2.75, 3.05) is 26.3 Å². The molecule has 2 rings (SSSR count). The van der Waals surface area contributed by atoms with E-state index in [1.165, 1.54) is 4.31 Å². The number of ether oxygens (including phenoxy) is 1. The summed E-state index contributed by atoms with van der Waals surface area (Å²) in [5, 5.41) is 3.03. The maximum Gasteiger partial charge on any atom is 0.243 e. The molecule has 0 aliphatic carbocycles. The number of sulfonamides is 1. The van der Waals surface area contributed by atoms with Gasteiger partial charge in [0.15, 0.2) is 0 Å². The predicted octanol–water partition coefficient (Wildman–Crippen LogP) is 2.64. The van der Waals surface area contributed by atoms with Crippen LogP contribution in [0.2, 0.25) is 0 Å². The first-order valence-electron chi connectivity index (χ1n) is 9.54. The normalized spacial score (nSPS) is 17.1. The zero-order valence-electron chi connectivity index (χ0n) is 17.0. The van der Waals surface area contributed by atoms with Gasteiger partial charge in [0, 0.05) is 25.6 Å². The third-order valence-corrected chi connectivity index (χ3v) is 6.96. The third kappa shape index (κ3) is 5.53. The first-order chi connectivity index (χ1) is 12.6. The average molecular weight is 397 g/mol. The van der Waals surface area contributed by atoms with Gasteiger partial charge in [-0.15, -0.1) is 0 Å². The SMILES string of the molecule is CCOCC(C)(C)NC(=O)C1CCN(S(=O)(=O)c2ccc(C)cc2C)CC1. The minimum Gasteiger partial charge on any atom is -0.379 e. The molecule has 27 heavy (non-hydrogen) atoms. The van der Waals surface area contributed by atoms with E-state index < -0.39 is 15.6 Å². The third-order valence-electron chi connectivity index (χ3n) is 4.90. The van der Waals surface area contributed by atoms with Crippen molar-refractivity contribution in [3.05, 3.63) is 29.3 Å². The van der Waals surface area contributed by atoms with Crippen molar-refractivity contribution in [2.24, 2.45) is 5.92 Å². The van der Waals surface area contributed by atoms with E-state index in [4.69, 9.17) is 4.74 Å². The van der Waals surface area contributed by atoms with Crippen LogP contribution < -0.4 is 5.32 Å². The van der Waals surface area contributed by atoms with Crippen LogP contribution in [0.15, 0.2) is 23.1 Å². The summed E-state index contributed by atoms with van der Waals surface area (Å²) in [5.41, 5.74) is 1.36. The smallest absolute Gasteiger partial charge is 0.243 e. The molecule has 6 nitrogen and oxygen atoms in total. The molecule has 1 aliphatic rings. The van der Waals surface area contributed by atoms with Gasteiger partial charge in [-0.2, -0.15) is 4.31 Å². The minimum atomic E-state index is -3.52. The fourth-order valence-corrected chi connectivity index (χ4v) is 5.09. The molecule has 152 valence electrons. The lowest BCUT2D eigenvalue weighted by Crippen LogP contribution is -2.51. The molecule has 0 spiro atoms. The monoisotopic (exact) mass is 396 g/mol. The number of piperidine rings is 1. The molecule has 0 unspecified atom stereocenters. The Morgan fingerprint density at radius 2 is 1.89 bits per heavy atom. The van der Waals surface area contributed by atoms with Crippen molar-refractivity contribution in [2.45, 2.75) is 57.9 Å². The zero-order valence-corrected chi connectivity index (χ0v) is 17.9. The van der Waals surface area contributed by atoms with Crippen LogP contribution >= 0.6 is 0 Å². The van der Waals surface area contributed by atoms with E-state index in [1.54, 1.807) is 6.07 Å². The Hall–Kier alpha value is -1.44. The molecule has 1 aromatic rings. The van der Waals surface area contributed by atoms with Gasteiger partial charge in [-0.1, -0.05) is 17.7 Å². The van der Waals surface area contributed by atoms with E-state index in [1.807, 2.05) is 46.8 Å². The average Bonchev–Trinajstić information content (AvgIpc) is 2.59.